The minimum Gasteiger partial charge on any atom is -0.273 e. The summed E-state index contributed by atoms with van der Waals surface area (Å²) >= 11 is 0. The first-order valence-corrected chi connectivity index (χ1v) is 8.23. The van der Waals surface area contributed by atoms with Crippen molar-refractivity contribution < 1.29 is 9.59 Å². The lowest BCUT2D eigenvalue weighted by Crippen LogP contribution is -2.42. The van der Waals surface area contributed by atoms with Gasteiger partial charge in [0.2, 0.25) is 5.91 Å². The molecule has 132 valence electrons. The number of hydrogen-bond acceptors (Lipinski definition) is 4. The van der Waals surface area contributed by atoms with Gasteiger partial charge < -0.3 is 0 Å². The molecule has 1 heterocycles. The van der Waals surface area contributed by atoms with Crippen molar-refractivity contribution in [3.05, 3.63) is 75.7 Å². The Hall–Kier alpha value is -3.48. The van der Waals surface area contributed by atoms with Crippen LogP contribution in [0.4, 0.5) is 0 Å². The molecule has 0 atom stereocenters. The van der Waals surface area contributed by atoms with Gasteiger partial charge in [-0.05, 0) is 30.2 Å². The normalized spacial score (nSPS) is 10.5. The van der Waals surface area contributed by atoms with Crippen molar-refractivity contribution in [1.29, 1.82) is 0 Å². The molecule has 26 heavy (non-hydrogen) atoms. The van der Waals surface area contributed by atoms with E-state index in [9.17, 15) is 14.4 Å². The Bertz CT molecular complexity index is 1010. The van der Waals surface area contributed by atoms with E-state index >= 15 is 0 Å². The molecule has 0 fully saturated rings. The molecule has 0 aliphatic rings. The van der Waals surface area contributed by atoms with Crippen molar-refractivity contribution in [3.63, 3.8) is 0 Å². The first-order valence-electron chi connectivity index (χ1n) is 8.23. The third-order valence-electron chi connectivity index (χ3n) is 4.04. The number of aryl methyl sites for hydroxylation is 1. The van der Waals surface area contributed by atoms with Crippen molar-refractivity contribution >= 4 is 22.6 Å². The summed E-state index contributed by atoms with van der Waals surface area (Å²) in [5.41, 5.74) is 6.44. The van der Waals surface area contributed by atoms with Gasteiger partial charge in [-0.1, -0.05) is 37.3 Å². The number of rotatable bonds is 4. The molecule has 7 nitrogen and oxygen atoms in total. The van der Waals surface area contributed by atoms with Gasteiger partial charge in [-0.2, -0.15) is 5.10 Å². The Labute approximate surface area is 149 Å². The number of aromatic amines is 1. The molecule has 3 rings (SSSR count). The molecule has 3 N–H and O–H groups in total. The minimum atomic E-state index is -0.437. The van der Waals surface area contributed by atoms with Gasteiger partial charge in [-0.25, -0.2) is 5.10 Å². The van der Waals surface area contributed by atoms with E-state index in [1.54, 1.807) is 36.4 Å². The summed E-state index contributed by atoms with van der Waals surface area (Å²) in [5.74, 6) is -0.839. The molecule has 0 aliphatic carbocycles. The zero-order valence-corrected chi connectivity index (χ0v) is 14.2. The fourth-order valence-electron chi connectivity index (χ4n) is 2.59. The number of benzene rings is 2. The van der Waals surface area contributed by atoms with E-state index < -0.39 is 11.8 Å². The van der Waals surface area contributed by atoms with E-state index in [1.165, 1.54) is 0 Å². The van der Waals surface area contributed by atoms with Crippen LogP contribution in [0.2, 0.25) is 0 Å². The molecule has 0 saturated carbocycles. The van der Waals surface area contributed by atoms with E-state index in [4.69, 9.17) is 0 Å². The standard InChI is InChI=1S/C19H18N4O3/c1-2-12-7-9-13(10-8-12)18(25)22-21-17(24)11-16-14-5-3-4-6-15(14)19(26)23-20-16/h3-10H,2,11H2,1H3,(H,21,24)(H,22,25)(H,23,26). The molecule has 0 radical (unpaired) electrons. The maximum absolute atomic E-state index is 12.1. The third kappa shape index (κ3) is 3.77. The second kappa shape index (κ2) is 7.60. The Balaban J connectivity index is 1.65. The largest absolute Gasteiger partial charge is 0.273 e. The Kier molecular flexibility index (Phi) is 5.07. The van der Waals surface area contributed by atoms with Gasteiger partial charge in [0, 0.05) is 10.9 Å². The predicted octanol–water partition coefficient (Wildman–Crippen LogP) is 1.49. The van der Waals surface area contributed by atoms with Crippen molar-refractivity contribution in [1.82, 2.24) is 21.0 Å². The Morgan fingerprint density at radius 1 is 1.00 bits per heavy atom. The van der Waals surface area contributed by atoms with Gasteiger partial charge in [0.25, 0.3) is 11.5 Å². The summed E-state index contributed by atoms with van der Waals surface area (Å²) in [6.07, 6.45) is 0.811. The van der Waals surface area contributed by atoms with Gasteiger partial charge in [0.15, 0.2) is 0 Å². The van der Waals surface area contributed by atoms with Crippen molar-refractivity contribution in [2.24, 2.45) is 0 Å². The van der Waals surface area contributed by atoms with Crippen LogP contribution in [0.1, 0.15) is 28.5 Å². The monoisotopic (exact) mass is 350 g/mol. The number of amides is 2. The summed E-state index contributed by atoms with van der Waals surface area (Å²) in [4.78, 5) is 35.9. The van der Waals surface area contributed by atoms with Crippen LogP contribution in [0.5, 0.6) is 0 Å². The smallest absolute Gasteiger partial charge is 0.272 e. The number of fused-ring (bicyclic) bond motifs is 1. The SMILES string of the molecule is CCc1ccc(C(=O)NNC(=O)Cc2n[nH]c(=O)c3ccccc23)cc1. The quantitative estimate of drug-likeness (QED) is 0.620. The van der Waals surface area contributed by atoms with E-state index in [0.717, 1.165) is 12.0 Å². The van der Waals surface area contributed by atoms with Crippen molar-refractivity contribution in [2.45, 2.75) is 19.8 Å². The van der Waals surface area contributed by atoms with Crippen LogP contribution in [-0.4, -0.2) is 22.0 Å². The molecular weight excluding hydrogens is 332 g/mol. The molecule has 0 saturated heterocycles. The number of aromatic nitrogens is 2. The average Bonchev–Trinajstić information content (AvgIpc) is 2.68. The lowest BCUT2D eigenvalue weighted by molar-refractivity contribution is -0.121. The highest BCUT2D eigenvalue weighted by atomic mass is 16.2. The number of carbonyl (C=O) groups is 2. The van der Waals surface area contributed by atoms with E-state index in [1.807, 2.05) is 19.1 Å². The molecule has 2 amide bonds. The summed E-state index contributed by atoms with van der Waals surface area (Å²) in [6.45, 7) is 2.03. The lowest BCUT2D eigenvalue weighted by Gasteiger charge is -2.08. The Morgan fingerprint density at radius 2 is 1.69 bits per heavy atom. The van der Waals surface area contributed by atoms with Crippen molar-refractivity contribution in [3.8, 4) is 0 Å². The summed E-state index contributed by atoms with van der Waals surface area (Å²) < 4.78 is 0. The molecule has 0 unspecified atom stereocenters. The van der Waals surface area contributed by atoms with Crippen LogP contribution in [0, 0.1) is 0 Å². The van der Waals surface area contributed by atoms with Gasteiger partial charge in [-0.3, -0.25) is 25.2 Å². The number of H-pyrrole nitrogens is 1. The number of hydrazine groups is 1. The molecule has 0 spiro atoms. The highest BCUT2D eigenvalue weighted by Gasteiger charge is 2.12. The van der Waals surface area contributed by atoms with Crippen molar-refractivity contribution in [2.75, 3.05) is 0 Å². The number of carbonyl (C=O) groups excluding carboxylic acids is 2. The summed E-state index contributed by atoms with van der Waals surface area (Å²) in [7, 11) is 0. The average molecular weight is 350 g/mol. The van der Waals surface area contributed by atoms with Crippen LogP contribution in [0.25, 0.3) is 10.8 Å². The molecule has 1 aromatic heterocycles. The van der Waals surface area contributed by atoms with Gasteiger partial charge in [-0.15, -0.1) is 0 Å². The highest BCUT2D eigenvalue weighted by molar-refractivity contribution is 5.96. The first-order chi connectivity index (χ1) is 12.6. The van der Waals surface area contributed by atoms with E-state index in [2.05, 4.69) is 21.0 Å². The molecule has 0 aliphatic heterocycles. The maximum atomic E-state index is 12.1. The van der Waals surface area contributed by atoms with Crippen LogP contribution in [-0.2, 0) is 17.6 Å². The van der Waals surface area contributed by atoms with E-state index in [0.29, 0.717) is 22.0 Å². The molecule has 7 heteroatoms. The molecule has 0 bridgehead atoms. The fraction of sp³-hybridized carbons (Fsp3) is 0.158. The highest BCUT2D eigenvalue weighted by Crippen LogP contribution is 2.12. The number of nitrogens with zero attached hydrogens (tertiary/aromatic N) is 1. The Morgan fingerprint density at radius 3 is 2.38 bits per heavy atom. The zero-order valence-electron chi connectivity index (χ0n) is 14.2. The first kappa shape index (κ1) is 17.3. The summed E-state index contributed by atoms with van der Waals surface area (Å²) in [5, 5.41) is 7.38. The second-order valence-electron chi connectivity index (χ2n) is 5.77. The van der Waals surface area contributed by atoms with Gasteiger partial charge in [0.1, 0.15) is 0 Å². The molecular formula is C19H18N4O3. The maximum Gasteiger partial charge on any atom is 0.272 e. The van der Waals surface area contributed by atoms with Crippen LogP contribution >= 0.6 is 0 Å². The molecule has 3 aromatic rings. The molecule has 2 aromatic carbocycles. The van der Waals surface area contributed by atoms with Gasteiger partial charge >= 0.3 is 0 Å². The topological polar surface area (TPSA) is 104 Å². The van der Waals surface area contributed by atoms with Crippen LogP contribution in [0.15, 0.2) is 53.3 Å². The number of hydrogen-bond donors (Lipinski definition) is 3. The van der Waals surface area contributed by atoms with Gasteiger partial charge in [0.05, 0.1) is 17.5 Å². The third-order valence-corrected chi connectivity index (χ3v) is 4.04. The number of nitrogens with one attached hydrogen (secondary N) is 3. The zero-order chi connectivity index (χ0) is 18.5. The minimum absolute atomic E-state index is 0.0770. The van der Waals surface area contributed by atoms with E-state index in [-0.39, 0.29) is 12.0 Å². The van der Waals surface area contributed by atoms with Crippen LogP contribution in [0.3, 0.4) is 0 Å². The predicted molar refractivity (Wildman–Crippen MR) is 97.5 cm³/mol. The van der Waals surface area contributed by atoms with Crippen LogP contribution < -0.4 is 16.4 Å². The fourth-order valence-corrected chi connectivity index (χ4v) is 2.59. The summed E-state index contributed by atoms with van der Waals surface area (Å²) in [6, 6.07) is 14.1. The second-order valence-corrected chi connectivity index (χ2v) is 5.77. The lowest BCUT2D eigenvalue weighted by atomic mass is 10.1.